The number of anilines is 1. The van der Waals surface area contributed by atoms with Gasteiger partial charge in [-0.3, -0.25) is 9.59 Å². The average molecular weight is 471 g/mol. The number of ketones is 1. The van der Waals surface area contributed by atoms with E-state index in [1.165, 1.54) is 44.2 Å². The highest BCUT2D eigenvalue weighted by atomic mass is 19.3. The van der Waals surface area contributed by atoms with E-state index in [-0.39, 0.29) is 23.2 Å². The van der Waals surface area contributed by atoms with Crippen LogP contribution in [0.4, 0.5) is 14.6 Å². The van der Waals surface area contributed by atoms with E-state index in [9.17, 15) is 23.2 Å². The first-order chi connectivity index (χ1) is 16.1. The minimum Gasteiger partial charge on any atom is -0.450 e. The topological polar surface area (TPSA) is 99.5 Å². The highest BCUT2D eigenvalue weighted by Crippen LogP contribution is 2.25. The van der Waals surface area contributed by atoms with Crippen LogP contribution in [0.3, 0.4) is 0 Å². The monoisotopic (exact) mass is 471 g/mol. The molecule has 0 bridgehead atoms. The highest BCUT2D eigenvalue weighted by molar-refractivity contribution is 6.02. The fourth-order valence-electron chi connectivity index (χ4n) is 3.48. The molecular formula is C24H23F2N3O5. The zero-order chi connectivity index (χ0) is 25.0. The number of benzene rings is 1. The molecule has 3 rings (SSSR count). The van der Waals surface area contributed by atoms with Gasteiger partial charge in [-0.05, 0) is 63.2 Å². The molecule has 1 atom stereocenters. The van der Waals surface area contributed by atoms with Crippen molar-refractivity contribution >= 4 is 23.5 Å². The first kappa shape index (κ1) is 24.6. The summed E-state index contributed by atoms with van der Waals surface area (Å²) in [5.74, 6) is -1.35. The molecule has 1 aromatic carbocycles. The van der Waals surface area contributed by atoms with E-state index in [1.807, 2.05) is 0 Å². The number of rotatable bonds is 8. The van der Waals surface area contributed by atoms with Crippen molar-refractivity contribution in [3.63, 3.8) is 0 Å². The third-order valence-corrected chi connectivity index (χ3v) is 4.93. The maximum Gasteiger partial charge on any atom is 0.387 e. The Bertz CT molecular complexity index is 1220. The number of aromatic nitrogens is 2. The second kappa shape index (κ2) is 10.2. The van der Waals surface area contributed by atoms with Gasteiger partial charge in [0, 0.05) is 29.6 Å². The molecule has 0 saturated heterocycles. The van der Waals surface area contributed by atoms with Crippen LogP contribution in [0, 0.1) is 13.8 Å². The van der Waals surface area contributed by atoms with Crippen LogP contribution in [-0.2, 0) is 9.53 Å². The molecule has 1 amide bonds. The molecule has 0 radical (unpaired) electrons. The first-order valence-electron chi connectivity index (χ1n) is 10.3. The van der Waals surface area contributed by atoms with Crippen LogP contribution in [0.5, 0.6) is 5.75 Å². The third kappa shape index (κ3) is 5.64. The van der Waals surface area contributed by atoms with Gasteiger partial charge in [-0.1, -0.05) is 6.07 Å². The number of Topliss-reactive ketones (excluding diaryl/α,β-unsaturated/α-hetero) is 1. The Labute approximate surface area is 194 Å². The summed E-state index contributed by atoms with van der Waals surface area (Å²) >= 11 is 0. The number of nitrogens with zero attached hydrogens (tertiary/aromatic N) is 2. The first-order valence-corrected chi connectivity index (χ1v) is 10.3. The molecule has 2 aromatic heterocycles. The summed E-state index contributed by atoms with van der Waals surface area (Å²) in [6, 6.07) is 12.2. The van der Waals surface area contributed by atoms with Crippen molar-refractivity contribution in [2.24, 2.45) is 0 Å². The minimum atomic E-state index is -2.92. The van der Waals surface area contributed by atoms with Crippen LogP contribution >= 0.6 is 0 Å². The Balaban J connectivity index is 1.77. The maximum atomic E-state index is 13.0. The standard InChI is InChI=1S/C24H23F2N3O5/c1-13-12-19(14(2)29(13)17-8-10-18(11-9-17)34-24(25)26)22(31)15(3)33-23(32)20-6-5-7-21(28-20)27-16(4)30/h5-12,15,24H,1-4H3,(H,27,28,30). The predicted octanol–water partition coefficient (Wildman–Crippen LogP) is 4.48. The van der Waals surface area contributed by atoms with Crippen molar-refractivity contribution in [3.05, 3.63) is 71.2 Å². The Morgan fingerprint density at radius 1 is 1.06 bits per heavy atom. The van der Waals surface area contributed by atoms with Crippen LogP contribution in [0.1, 0.15) is 46.1 Å². The van der Waals surface area contributed by atoms with Crippen molar-refractivity contribution in [2.75, 3.05) is 5.32 Å². The van der Waals surface area contributed by atoms with Gasteiger partial charge < -0.3 is 19.4 Å². The number of hydrogen-bond acceptors (Lipinski definition) is 6. The number of esters is 1. The number of ether oxygens (including phenoxy) is 2. The summed E-state index contributed by atoms with van der Waals surface area (Å²) in [4.78, 5) is 40.8. The summed E-state index contributed by atoms with van der Waals surface area (Å²) < 4.78 is 36.2. The molecule has 0 aliphatic rings. The van der Waals surface area contributed by atoms with E-state index < -0.39 is 24.5 Å². The van der Waals surface area contributed by atoms with Gasteiger partial charge in [0.2, 0.25) is 11.7 Å². The lowest BCUT2D eigenvalue weighted by Gasteiger charge is -2.14. The van der Waals surface area contributed by atoms with Crippen LogP contribution in [0.25, 0.3) is 5.69 Å². The molecular weight excluding hydrogens is 448 g/mol. The maximum absolute atomic E-state index is 13.0. The molecule has 0 saturated carbocycles. The molecule has 1 unspecified atom stereocenters. The van der Waals surface area contributed by atoms with E-state index >= 15 is 0 Å². The van der Waals surface area contributed by atoms with Gasteiger partial charge >= 0.3 is 12.6 Å². The van der Waals surface area contributed by atoms with E-state index in [4.69, 9.17) is 4.74 Å². The summed E-state index contributed by atoms with van der Waals surface area (Å²) in [5.41, 5.74) is 2.28. The number of pyridine rings is 1. The molecule has 0 spiro atoms. The zero-order valence-corrected chi connectivity index (χ0v) is 19.0. The van der Waals surface area contributed by atoms with Gasteiger partial charge in [0.25, 0.3) is 0 Å². The number of aryl methyl sites for hydroxylation is 1. The Hall–Kier alpha value is -4.08. The van der Waals surface area contributed by atoms with Gasteiger partial charge in [0.05, 0.1) is 0 Å². The van der Waals surface area contributed by atoms with E-state index in [0.717, 1.165) is 5.69 Å². The SMILES string of the molecule is CC(=O)Nc1cccc(C(=O)OC(C)C(=O)c2cc(C)n(-c3ccc(OC(F)F)cc3)c2C)n1. The van der Waals surface area contributed by atoms with Gasteiger partial charge in [0.1, 0.15) is 11.6 Å². The van der Waals surface area contributed by atoms with Gasteiger partial charge in [-0.25, -0.2) is 9.78 Å². The van der Waals surface area contributed by atoms with E-state index in [1.54, 1.807) is 36.6 Å². The molecule has 3 aromatic rings. The number of hydrogen-bond donors (Lipinski definition) is 1. The van der Waals surface area contributed by atoms with Crippen molar-refractivity contribution in [1.29, 1.82) is 0 Å². The van der Waals surface area contributed by atoms with Crippen LogP contribution in [0.15, 0.2) is 48.5 Å². The van der Waals surface area contributed by atoms with Crippen LogP contribution < -0.4 is 10.1 Å². The van der Waals surface area contributed by atoms with Crippen molar-refractivity contribution < 1.29 is 32.6 Å². The normalized spacial score (nSPS) is 11.7. The number of carbonyl (C=O) groups is 3. The molecule has 2 heterocycles. The quantitative estimate of drug-likeness (QED) is 0.384. The summed E-state index contributed by atoms with van der Waals surface area (Å²) in [6.45, 7) is 3.38. The molecule has 0 fully saturated rings. The van der Waals surface area contributed by atoms with Crippen molar-refractivity contribution in [2.45, 2.75) is 40.4 Å². The fourth-order valence-corrected chi connectivity index (χ4v) is 3.48. The average Bonchev–Trinajstić information content (AvgIpc) is 3.07. The number of halogens is 2. The predicted molar refractivity (Wildman–Crippen MR) is 120 cm³/mol. The Morgan fingerprint density at radius 3 is 2.35 bits per heavy atom. The molecule has 10 heteroatoms. The van der Waals surface area contributed by atoms with Gasteiger partial charge in [-0.15, -0.1) is 0 Å². The fraction of sp³-hybridized carbons (Fsp3) is 0.250. The molecule has 34 heavy (non-hydrogen) atoms. The van der Waals surface area contributed by atoms with E-state index in [0.29, 0.717) is 16.9 Å². The summed E-state index contributed by atoms with van der Waals surface area (Å²) in [7, 11) is 0. The number of carbonyl (C=O) groups excluding carboxylic acids is 3. The number of nitrogens with one attached hydrogen (secondary N) is 1. The number of alkyl halides is 2. The third-order valence-electron chi connectivity index (χ3n) is 4.93. The zero-order valence-electron chi connectivity index (χ0n) is 19.0. The molecule has 1 N–H and O–H groups in total. The summed E-state index contributed by atoms with van der Waals surface area (Å²) in [6.07, 6.45) is -1.10. The highest BCUT2D eigenvalue weighted by Gasteiger charge is 2.25. The lowest BCUT2D eigenvalue weighted by molar-refractivity contribution is -0.114. The smallest absolute Gasteiger partial charge is 0.387 e. The largest absolute Gasteiger partial charge is 0.450 e. The molecule has 178 valence electrons. The lowest BCUT2D eigenvalue weighted by Crippen LogP contribution is -2.25. The van der Waals surface area contributed by atoms with Crippen molar-refractivity contribution in [1.82, 2.24) is 9.55 Å². The van der Waals surface area contributed by atoms with Crippen LogP contribution in [-0.4, -0.2) is 39.9 Å². The summed E-state index contributed by atoms with van der Waals surface area (Å²) in [5, 5.41) is 2.47. The molecule has 0 aliphatic carbocycles. The van der Waals surface area contributed by atoms with Crippen molar-refractivity contribution in [3.8, 4) is 11.4 Å². The molecule has 8 nitrogen and oxygen atoms in total. The minimum absolute atomic E-state index is 0.0224. The van der Waals surface area contributed by atoms with Gasteiger partial charge in [0.15, 0.2) is 11.8 Å². The van der Waals surface area contributed by atoms with Gasteiger partial charge in [-0.2, -0.15) is 8.78 Å². The number of amides is 1. The molecule has 0 aliphatic heterocycles. The van der Waals surface area contributed by atoms with E-state index in [2.05, 4.69) is 15.0 Å². The Kier molecular flexibility index (Phi) is 7.40. The van der Waals surface area contributed by atoms with Crippen LogP contribution in [0.2, 0.25) is 0 Å². The second-order valence-electron chi connectivity index (χ2n) is 7.49. The second-order valence-corrected chi connectivity index (χ2v) is 7.49. The lowest BCUT2D eigenvalue weighted by atomic mass is 10.1. The Morgan fingerprint density at radius 2 is 1.74 bits per heavy atom.